The molecule has 1 rings (SSSR count). The van der Waals surface area contributed by atoms with Gasteiger partial charge in [0.25, 0.3) is 0 Å². The normalized spacial score (nSPS) is 14.3. The van der Waals surface area contributed by atoms with Crippen molar-refractivity contribution < 1.29 is 17.9 Å². The third-order valence-corrected chi connectivity index (χ3v) is 2.78. The summed E-state index contributed by atoms with van der Waals surface area (Å²) < 4.78 is 44.8. The van der Waals surface area contributed by atoms with Crippen LogP contribution in [-0.4, -0.2) is 18.8 Å². The maximum absolute atomic E-state index is 13.1. The van der Waals surface area contributed by atoms with Gasteiger partial charge in [-0.15, -0.1) is 0 Å². The molecule has 0 aliphatic carbocycles. The van der Waals surface area contributed by atoms with Gasteiger partial charge < -0.3 is 10.1 Å². The van der Waals surface area contributed by atoms with Crippen molar-refractivity contribution >= 4 is 0 Å². The van der Waals surface area contributed by atoms with Crippen LogP contribution in [0.4, 0.5) is 13.2 Å². The second-order valence-electron chi connectivity index (χ2n) is 5.62. The fraction of sp³-hybridized carbons (Fsp3) is 0.600. The number of hydrogen-bond donors (Lipinski definition) is 1. The summed E-state index contributed by atoms with van der Waals surface area (Å²) in [6.45, 7) is 8.28. The van der Waals surface area contributed by atoms with Gasteiger partial charge in [-0.3, -0.25) is 0 Å². The number of alkyl halides is 3. The van der Waals surface area contributed by atoms with Crippen LogP contribution in [-0.2, 0) is 10.9 Å². The molecular weight excluding hydrogens is 267 g/mol. The lowest BCUT2D eigenvalue weighted by atomic mass is 10.00. The molecule has 0 aliphatic rings. The molecule has 0 saturated carbocycles. The van der Waals surface area contributed by atoms with E-state index in [-0.39, 0.29) is 17.8 Å². The molecular formula is C15H22F3NO. The molecule has 0 radical (unpaired) electrons. The monoisotopic (exact) mass is 289 g/mol. The Morgan fingerprint density at radius 3 is 2.25 bits per heavy atom. The van der Waals surface area contributed by atoms with Crippen molar-refractivity contribution in [3.8, 4) is 0 Å². The minimum absolute atomic E-state index is 0.199. The summed E-state index contributed by atoms with van der Waals surface area (Å²) in [6.07, 6.45) is -4.36. The van der Waals surface area contributed by atoms with Crippen LogP contribution in [0.25, 0.3) is 0 Å². The zero-order valence-electron chi connectivity index (χ0n) is 12.3. The molecule has 1 N–H and O–H groups in total. The molecule has 1 unspecified atom stereocenters. The number of likely N-dealkylation sites (N-methyl/N-ethyl adjacent to an activating group) is 1. The van der Waals surface area contributed by atoms with Gasteiger partial charge in [0, 0.05) is 0 Å². The first-order valence-corrected chi connectivity index (χ1v) is 6.68. The van der Waals surface area contributed by atoms with Gasteiger partial charge >= 0.3 is 6.18 Å². The zero-order valence-corrected chi connectivity index (χ0v) is 12.3. The molecule has 114 valence electrons. The van der Waals surface area contributed by atoms with E-state index in [9.17, 15) is 13.2 Å². The van der Waals surface area contributed by atoms with Crippen molar-refractivity contribution in [3.05, 3.63) is 35.4 Å². The van der Waals surface area contributed by atoms with Crippen LogP contribution in [0.3, 0.4) is 0 Å². The Morgan fingerprint density at radius 1 is 1.15 bits per heavy atom. The molecule has 0 saturated heterocycles. The van der Waals surface area contributed by atoms with Crippen LogP contribution in [0.1, 0.15) is 44.9 Å². The van der Waals surface area contributed by atoms with E-state index in [1.54, 1.807) is 6.07 Å². The minimum atomic E-state index is -4.36. The highest BCUT2D eigenvalue weighted by molar-refractivity contribution is 5.32. The van der Waals surface area contributed by atoms with Gasteiger partial charge in [-0.05, 0) is 38.9 Å². The molecule has 0 amide bonds. The first kappa shape index (κ1) is 17.0. The molecule has 20 heavy (non-hydrogen) atoms. The summed E-state index contributed by atoms with van der Waals surface area (Å²) in [6, 6.07) is 5.15. The first-order valence-electron chi connectivity index (χ1n) is 6.68. The van der Waals surface area contributed by atoms with Gasteiger partial charge in [-0.25, -0.2) is 0 Å². The van der Waals surface area contributed by atoms with Crippen molar-refractivity contribution in [3.63, 3.8) is 0 Å². The third kappa shape index (κ3) is 5.13. The fourth-order valence-electron chi connectivity index (χ4n) is 1.90. The van der Waals surface area contributed by atoms with E-state index in [2.05, 4.69) is 5.32 Å². The van der Waals surface area contributed by atoms with E-state index < -0.39 is 17.8 Å². The van der Waals surface area contributed by atoms with Crippen molar-refractivity contribution in [1.29, 1.82) is 0 Å². The van der Waals surface area contributed by atoms with Crippen molar-refractivity contribution in [2.24, 2.45) is 0 Å². The van der Waals surface area contributed by atoms with Crippen LogP contribution in [0.5, 0.6) is 0 Å². The molecule has 1 atom stereocenters. The van der Waals surface area contributed by atoms with Crippen LogP contribution >= 0.6 is 0 Å². The average Bonchev–Trinajstić information content (AvgIpc) is 2.32. The van der Waals surface area contributed by atoms with Crippen LogP contribution in [0, 0.1) is 0 Å². The number of nitrogens with one attached hydrogen (secondary N) is 1. The number of benzene rings is 1. The van der Waals surface area contributed by atoms with Gasteiger partial charge in [0.15, 0.2) is 0 Å². The molecule has 0 bridgehead atoms. The Balaban J connectivity index is 3.03. The third-order valence-electron chi connectivity index (χ3n) is 2.78. The van der Waals surface area contributed by atoms with Crippen LogP contribution in [0.15, 0.2) is 24.3 Å². The summed E-state index contributed by atoms with van der Waals surface area (Å²) >= 11 is 0. The topological polar surface area (TPSA) is 21.3 Å². The smallest absolute Gasteiger partial charge is 0.374 e. The number of rotatable bonds is 5. The van der Waals surface area contributed by atoms with Crippen LogP contribution in [0.2, 0.25) is 0 Å². The predicted molar refractivity (Wildman–Crippen MR) is 73.6 cm³/mol. The zero-order chi connectivity index (χ0) is 15.4. The lowest BCUT2D eigenvalue weighted by molar-refractivity contribution is -0.138. The molecule has 0 aromatic heterocycles. The van der Waals surface area contributed by atoms with E-state index in [0.29, 0.717) is 6.54 Å². The molecule has 2 nitrogen and oxygen atoms in total. The average molecular weight is 289 g/mol. The van der Waals surface area contributed by atoms with Gasteiger partial charge in [0.05, 0.1) is 23.8 Å². The summed E-state index contributed by atoms with van der Waals surface area (Å²) in [5.74, 6) is 0. The Kier molecular flexibility index (Phi) is 5.59. The van der Waals surface area contributed by atoms with E-state index >= 15 is 0 Å². The summed E-state index contributed by atoms with van der Waals surface area (Å²) in [5, 5.41) is 3.06. The Hall–Kier alpha value is -1.07. The van der Waals surface area contributed by atoms with E-state index in [1.807, 2.05) is 27.7 Å². The molecule has 0 aliphatic heterocycles. The van der Waals surface area contributed by atoms with Gasteiger partial charge in [0.1, 0.15) is 0 Å². The minimum Gasteiger partial charge on any atom is -0.374 e. The second kappa shape index (κ2) is 6.59. The standard InChI is InChI=1S/C15H22F3NO/c1-5-19-13(10-20-14(2,3)4)11-8-6-7-9-12(11)15(16,17)18/h6-9,13,19H,5,10H2,1-4H3. The summed E-state index contributed by atoms with van der Waals surface area (Å²) in [5.41, 5.74) is -0.768. The fourth-order valence-corrected chi connectivity index (χ4v) is 1.90. The quantitative estimate of drug-likeness (QED) is 0.878. The lowest BCUT2D eigenvalue weighted by Crippen LogP contribution is -2.31. The van der Waals surface area contributed by atoms with Gasteiger partial charge in [-0.2, -0.15) is 13.2 Å². The van der Waals surface area contributed by atoms with Gasteiger partial charge in [-0.1, -0.05) is 25.1 Å². The highest BCUT2D eigenvalue weighted by atomic mass is 19.4. The molecule has 1 aromatic rings. The Labute approximate surface area is 118 Å². The van der Waals surface area contributed by atoms with Gasteiger partial charge in [0.2, 0.25) is 0 Å². The highest BCUT2D eigenvalue weighted by Crippen LogP contribution is 2.34. The second-order valence-corrected chi connectivity index (χ2v) is 5.62. The van der Waals surface area contributed by atoms with Crippen molar-refractivity contribution in [2.75, 3.05) is 13.2 Å². The maximum atomic E-state index is 13.1. The molecule has 0 heterocycles. The van der Waals surface area contributed by atoms with Crippen molar-refractivity contribution in [2.45, 2.75) is 45.5 Å². The molecule has 5 heteroatoms. The van der Waals surface area contributed by atoms with E-state index in [0.717, 1.165) is 6.07 Å². The number of ether oxygens (including phenoxy) is 1. The Morgan fingerprint density at radius 2 is 1.75 bits per heavy atom. The first-order chi connectivity index (χ1) is 9.15. The highest BCUT2D eigenvalue weighted by Gasteiger charge is 2.35. The Bertz CT molecular complexity index is 424. The summed E-state index contributed by atoms with van der Waals surface area (Å²) in [7, 11) is 0. The molecule has 0 spiro atoms. The summed E-state index contributed by atoms with van der Waals surface area (Å²) in [4.78, 5) is 0. The maximum Gasteiger partial charge on any atom is 0.416 e. The van der Waals surface area contributed by atoms with E-state index in [1.165, 1.54) is 12.1 Å². The van der Waals surface area contributed by atoms with Crippen molar-refractivity contribution in [1.82, 2.24) is 5.32 Å². The largest absolute Gasteiger partial charge is 0.416 e. The number of halogens is 3. The lowest BCUT2D eigenvalue weighted by Gasteiger charge is -2.27. The SMILES string of the molecule is CCNC(COC(C)(C)C)c1ccccc1C(F)(F)F. The van der Waals surface area contributed by atoms with Crippen LogP contribution < -0.4 is 5.32 Å². The van der Waals surface area contributed by atoms with E-state index in [4.69, 9.17) is 4.74 Å². The molecule has 0 fully saturated rings. The number of hydrogen-bond acceptors (Lipinski definition) is 2. The molecule has 1 aromatic carbocycles. The predicted octanol–water partition coefficient (Wildman–Crippen LogP) is 4.17.